The molecule has 2 aromatic rings. The van der Waals surface area contributed by atoms with Gasteiger partial charge in [-0.15, -0.1) is 10.2 Å². The number of carbonyl (C=O) groups is 1. The first-order valence-corrected chi connectivity index (χ1v) is 7.51. The van der Waals surface area contributed by atoms with Crippen LogP contribution in [0.15, 0.2) is 32.7 Å². The molecule has 0 amide bonds. The van der Waals surface area contributed by atoms with Gasteiger partial charge < -0.3 is 14.3 Å². The van der Waals surface area contributed by atoms with Crippen LogP contribution in [0.5, 0.6) is 5.75 Å². The molecule has 0 spiro atoms. The number of hydrogen-bond donors (Lipinski definition) is 1. The van der Waals surface area contributed by atoms with Crippen LogP contribution in [0.3, 0.4) is 0 Å². The molecule has 0 atom stereocenters. The van der Waals surface area contributed by atoms with Crippen LogP contribution in [0.4, 0.5) is 0 Å². The number of nitrogens with zero attached hydrogens (tertiary/aromatic N) is 2. The van der Waals surface area contributed by atoms with E-state index in [0.717, 1.165) is 11.8 Å². The van der Waals surface area contributed by atoms with Gasteiger partial charge in [-0.3, -0.25) is 0 Å². The van der Waals surface area contributed by atoms with Gasteiger partial charge in [0.1, 0.15) is 10.7 Å². The first kappa shape index (κ1) is 16.4. The Morgan fingerprint density at radius 1 is 1.50 bits per heavy atom. The Bertz CT molecular complexity index is 715. The van der Waals surface area contributed by atoms with E-state index in [0.29, 0.717) is 28.6 Å². The van der Waals surface area contributed by atoms with Gasteiger partial charge >= 0.3 is 5.97 Å². The lowest BCUT2D eigenvalue weighted by Gasteiger charge is -2.06. The summed E-state index contributed by atoms with van der Waals surface area (Å²) in [7, 11) is 1.50. The molecule has 1 heterocycles. The molecule has 0 fully saturated rings. The van der Waals surface area contributed by atoms with Crippen LogP contribution in [0, 0.1) is 0 Å². The molecule has 8 heteroatoms. The van der Waals surface area contributed by atoms with Crippen LogP contribution in [-0.4, -0.2) is 28.4 Å². The summed E-state index contributed by atoms with van der Waals surface area (Å²) in [4.78, 5) is 11.4. The quantitative estimate of drug-likeness (QED) is 0.636. The largest absolute Gasteiger partial charge is 0.496 e. The summed E-state index contributed by atoms with van der Waals surface area (Å²) in [6.07, 6.45) is 2.04. The minimum Gasteiger partial charge on any atom is -0.496 e. The average molecular weight is 341 g/mol. The number of thioether (sulfide) groups is 1. The molecule has 2 rings (SSSR count). The molecule has 1 N–H and O–H groups in total. The predicted molar refractivity (Wildman–Crippen MR) is 83.1 cm³/mol. The third-order valence-corrected chi connectivity index (χ3v) is 3.72. The molecule has 0 aliphatic heterocycles. The van der Waals surface area contributed by atoms with Gasteiger partial charge in [-0.25, -0.2) is 4.79 Å². The van der Waals surface area contributed by atoms with Crippen molar-refractivity contribution in [2.24, 2.45) is 0 Å². The van der Waals surface area contributed by atoms with Crippen molar-refractivity contribution in [1.82, 2.24) is 10.2 Å². The Morgan fingerprint density at radius 3 is 2.86 bits per heavy atom. The molecule has 0 aliphatic carbocycles. The molecule has 22 heavy (non-hydrogen) atoms. The van der Waals surface area contributed by atoms with E-state index in [-0.39, 0.29) is 10.1 Å². The zero-order valence-corrected chi connectivity index (χ0v) is 13.4. The second-order valence-corrected chi connectivity index (χ2v) is 5.55. The van der Waals surface area contributed by atoms with Crippen molar-refractivity contribution in [2.75, 3.05) is 7.11 Å². The number of carboxylic acids is 1. The number of halogens is 1. The highest BCUT2D eigenvalue weighted by molar-refractivity contribution is 8.03. The number of rotatable bonds is 6. The second-order valence-electron chi connectivity index (χ2n) is 4.12. The first-order valence-electron chi connectivity index (χ1n) is 6.32. The first-order chi connectivity index (χ1) is 10.5. The number of aliphatic carboxylic acids is 1. The van der Waals surface area contributed by atoms with E-state index in [1.807, 2.05) is 6.92 Å². The third-order valence-electron chi connectivity index (χ3n) is 2.64. The molecule has 0 unspecified atom stereocenters. The predicted octanol–water partition coefficient (Wildman–Crippen LogP) is 3.51. The van der Waals surface area contributed by atoms with Crippen LogP contribution in [0.1, 0.15) is 18.4 Å². The standard InChI is InChI=1S/C14H13ClN2O4S/c1-3-12-16-17-14(21-12)22-11(13(18)19)7-8-6-9(15)4-5-10(8)20-2/h4-7H,3H2,1-2H3,(H,18,19)/b11-7-. The van der Waals surface area contributed by atoms with Gasteiger partial charge in [0.15, 0.2) is 0 Å². The van der Waals surface area contributed by atoms with Gasteiger partial charge in [-0.2, -0.15) is 0 Å². The van der Waals surface area contributed by atoms with Gasteiger partial charge in [-0.1, -0.05) is 18.5 Å². The van der Waals surface area contributed by atoms with Crippen molar-refractivity contribution < 1.29 is 19.1 Å². The van der Waals surface area contributed by atoms with Crippen LogP contribution >= 0.6 is 23.4 Å². The van der Waals surface area contributed by atoms with Crippen LogP contribution in [-0.2, 0) is 11.2 Å². The molecule has 6 nitrogen and oxygen atoms in total. The molecular formula is C14H13ClN2O4S. The highest BCUT2D eigenvalue weighted by atomic mass is 35.5. The van der Waals surface area contributed by atoms with E-state index < -0.39 is 5.97 Å². The van der Waals surface area contributed by atoms with Crippen molar-refractivity contribution in [3.8, 4) is 5.75 Å². The maximum atomic E-state index is 11.4. The van der Waals surface area contributed by atoms with Crippen molar-refractivity contribution >= 4 is 35.4 Å². The van der Waals surface area contributed by atoms with E-state index >= 15 is 0 Å². The lowest BCUT2D eigenvalue weighted by molar-refractivity contribution is -0.131. The van der Waals surface area contributed by atoms with Crippen molar-refractivity contribution in [3.63, 3.8) is 0 Å². The topological polar surface area (TPSA) is 85.5 Å². The summed E-state index contributed by atoms with van der Waals surface area (Å²) >= 11 is 6.81. The summed E-state index contributed by atoms with van der Waals surface area (Å²) < 4.78 is 10.5. The summed E-state index contributed by atoms with van der Waals surface area (Å²) in [5, 5.41) is 17.6. The van der Waals surface area contributed by atoms with E-state index in [4.69, 9.17) is 20.8 Å². The number of ether oxygens (including phenoxy) is 1. The normalized spacial score (nSPS) is 11.5. The summed E-state index contributed by atoms with van der Waals surface area (Å²) in [6.45, 7) is 1.87. The fourth-order valence-corrected chi connectivity index (χ4v) is 2.47. The second kappa shape index (κ2) is 7.33. The Morgan fingerprint density at radius 2 is 2.27 bits per heavy atom. The fraction of sp³-hybridized carbons (Fsp3) is 0.214. The molecule has 116 valence electrons. The Balaban J connectivity index is 2.35. The van der Waals surface area contributed by atoms with E-state index in [9.17, 15) is 9.90 Å². The zero-order chi connectivity index (χ0) is 16.1. The number of methoxy groups -OCH3 is 1. The van der Waals surface area contributed by atoms with E-state index in [1.165, 1.54) is 13.2 Å². The average Bonchev–Trinajstić information content (AvgIpc) is 2.94. The smallest absolute Gasteiger partial charge is 0.342 e. The van der Waals surface area contributed by atoms with Gasteiger partial charge in [0.05, 0.1) is 7.11 Å². The molecule has 0 bridgehead atoms. The number of benzene rings is 1. The van der Waals surface area contributed by atoms with Gasteiger partial charge in [0, 0.05) is 17.0 Å². The zero-order valence-electron chi connectivity index (χ0n) is 11.9. The maximum absolute atomic E-state index is 11.4. The van der Waals surface area contributed by atoms with Gasteiger partial charge in [0.25, 0.3) is 5.22 Å². The van der Waals surface area contributed by atoms with Crippen LogP contribution < -0.4 is 4.74 Å². The minimum absolute atomic E-state index is 0.0202. The lowest BCUT2D eigenvalue weighted by atomic mass is 10.2. The van der Waals surface area contributed by atoms with E-state index in [2.05, 4.69) is 10.2 Å². The van der Waals surface area contributed by atoms with Crippen LogP contribution in [0.2, 0.25) is 5.02 Å². The molecule has 1 aromatic heterocycles. The fourth-order valence-electron chi connectivity index (χ4n) is 1.61. The maximum Gasteiger partial charge on any atom is 0.342 e. The monoisotopic (exact) mass is 340 g/mol. The number of hydrogen-bond acceptors (Lipinski definition) is 6. The van der Waals surface area contributed by atoms with Crippen molar-refractivity contribution in [2.45, 2.75) is 18.6 Å². The molecular weight excluding hydrogens is 328 g/mol. The Kier molecular flexibility index (Phi) is 5.46. The minimum atomic E-state index is -1.11. The van der Waals surface area contributed by atoms with E-state index in [1.54, 1.807) is 18.2 Å². The highest BCUT2D eigenvalue weighted by Gasteiger charge is 2.16. The molecule has 1 aromatic carbocycles. The Labute approximate surface area is 136 Å². The summed E-state index contributed by atoms with van der Waals surface area (Å²) in [5.74, 6) is -0.139. The Hall–Kier alpha value is -1.99. The third kappa shape index (κ3) is 4.02. The lowest BCUT2D eigenvalue weighted by Crippen LogP contribution is -1.97. The number of aromatic nitrogens is 2. The van der Waals surface area contributed by atoms with Crippen molar-refractivity contribution in [3.05, 3.63) is 39.6 Å². The highest BCUT2D eigenvalue weighted by Crippen LogP contribution is 2.31. The summed E-state index contributed by atoms with van der Waals surface area (Å²) in [5.41, 5.74) is 0.551. The molecule has 0 aliphatic rings. The van der Waals surface area contributed by atoms with Crippen LogP contribution in [0.25, 0.3) is 6.08 Å². The molecule has 0 radical (unpaired) electrons. The SMILES string of the molecule is CCc1nnc(S/C(=C\c2cc(Cl)ccc2OC)C(=O)O)o1. The number of aryl methyl sites for hydroxylation is 1. The number of carboxylic acid groups (broad SMARTS) is 1. The van der Waals surface area contributed by atoms with Gasteiger partial charge in [-0.05, 0) is 36.0 Å². The molecule has 0 saturated heterocycles. The van der Waals surface area contributed by atoms with Gasteiger partial charge in [0.2, 0.25) is 5.89 Å². The summed E-state index contributed by atoms with van der Waals surface area (Å²) in [6, 6.07) is 4.95. The molecule has 0 saturated carbocycles. The van der Waals surface area contributed by atoms with Crippen molar-refractivity contribution in [1.29, 1.82) is 0 Å².